The van der Waals surface area contributed by atoms with Gasteiger partial charge in [-0.15, -0.1) is 12.3 Å². The lowest BCUT2D eigenvalue weighted by molar-refractivity contribution is 0.174. The second-order valence-corrected chi connectivity index (χ2v) is 2.09. The molecule has 0 saturated carbocycles. The zero-order valence-corrected chi connectivity index (χ0v) is 5.65. The molecule has 1 nitrogen and oxygen atoms in total. The van der Waals surface area contributed by atoms with Crippen LogP contribution in [0.3, 0.4) is 0 Å². The van der Waals surface area contributed by atoms with Gasteiger partial charge in [-0.1, -0.05) is 6.92 Å². The molecular weight excluding hydrogens is 117 g/mol. The van der Waals surface area contributed by atoms with Crippen molar-refractivity contribution in [1.82, 2.24) is 0 Å². The van der Waals surface area contributed by atoms with Crippen LogP contribution in [0, 0.1) is 12.3 Å². The fourth-order valence-corrected chi connectivity index (χ4v) is 0.524. The molecule has 1 atom stereocenters. The molecule has 0 aliphatic heterocycles. The van der Waals surface area contributed by atoms with Gasteiger partial charge in [-0.2, -0.15) is 0 Å². The highest BCUT2D eigenvalue weighted by Crippen LogP contribution is 2.17. The molecule has 0 aromatic heterocycles. The normalized spacial score (nSPS) is 16.2. The van der Waals surface area contributed by atoms with Gasteiger partial charge in [0.05, 0.1) is 0 Å². The van der Waals surface area contributed by atoms with Crippen molar-refractivity contribution in [3.05, 3.63) is 0 Å². The molecule has 2 heteroatoms. The Balaban J connectivity index is 3.80. The number of hydrogen-bond acceptors (Lipinski definition) is 1. The van der Waals surface area contributed by atoms with Crippen molar-refractivity contribution < 1.29 is 4.39 Å². The average molecular weight is 129 g/mol. The van der Waals surface area contributed by atoms with Crippen LogP contribution in [0.15, 0.2) is 0 Å². The first kappa shape index (κ1) is 8.45. The number of nitrogens with two attached hydrogens (primary N) is 1. The van der Waals surface area contributed by atoms with E-state index < -0.39 is 5.67 Å². The first-order chi connectivity index (χ1) is 4.18. The van der Waals surface area contributed by atoms with Crippen LogP contribution in [-0.4, -0.2) is 12.2 Å². The number of halogens is 1. The maximum Gasteiger partial charge on any atom is 0.133 e. The Hall–Kier alpha value is -0.550. The van der Waals surface area contributed by atoms with Crippen LogP contribution < -0.4 is 5.73 Å². The van der Waals surface area contributed by atoms with Crippen molar-refractivity contribution in [2.24, 2.45) is 5.73 Å². The van der Waals surface area contributed by atoms with Crippen molar-refractivity contribution >= 4 is 0 Å². The van der Waals surface area contributed by atoms with Gasteiger partial charge in [0.15, 0.2) is 0 Å². The molecule has 0 saturated heterocycles. The molecule has 0 rings (SSSR count). The smallest absolute Gasteiger partial charge is 0.133 e. The summed E-state index contributed by atoms with van der Waals surface area (Å²) in [5.41, 5.74) is 3.81. The Morgan fingerprint density at radius 1 is 1.78 bits per heavy atom. The van der Waals surface area contributed by atoms with Crippen molar-refractivity contribution in [3.8, 4) is 12.3 Å². The molecular formula is C7H12FN. The van der Waals surface area contributed by atoms with Crippen LogP contribution >= 0.6 is 0 Å². The molecule has 0 aromatic rings. The Kier molecular flexibility index (Phi) is 3.26. The number of alkyl halides is 1. The summed E-state index contributed by atoms with van der Waals surface area (Å²) in [6.45, 7) is 1.76. The molecule has 0 amide bonds. The molecule has 52 valence electrons. The lowest BCUT2D eigenvalue weighted by Gasteiger charge is -2.17. The van der Waals surface area contributed by atoms with Crippen LogP contribution in [0.25, 0.3) is 0 Å². The molecule has 0 spiro atoms. The highest BCUT2D eigenvalue weighted by atomic mass is 19.1. The van der Waals surface area contributed by atoms with Gasteiger partial charge >= 0.3 is 0 Å². The van der Waals surface area contributed by atoms with Gasteiger partial charge in [-0.3, -0.25) is 0 Å². The third-order valence-electron chi connectivity index (χ3n) is 1.42. The largest absolute Gasteiger partial charge is 0.327 e. The van der Waals surface area contributed by atoms with Gasteiger partial charge < -0.3 is 5.73 Å². The standard InChI is InChI=1S/C7H12FN/c1-3-5-7(8,4-2)6-9/h1H,4-6,9H2,2H3. The second kappa shape index (κ2) is 3.47. The van der Waals surface area contributed by atoms with E-state index in [1.807, 2.05) is 0 Å². The summed E-state index contributed by atoms with van der Waals surface area (Å²) in [6, 6.07) is 0. The molecule has 0 bridgehead atoms. The van der Waals surface area contributed by atoms with Gasteiger partial charge in [0, 0.05) is 13.0 Å². The molecule has 0 aliphatic rings. The lowest BCUT2D eigenvalue weighted by Crippen LogP contribution is -2.31. The van der Waals surface area contributed by atoms with E-state index in [0.717, 1.165) is 0 Å². The molecule has 0 radical (unpaired) electrons. The fourth-order valence-electron chi connectivity index (χ4n) is 0.524. The zero-order valence-electron chi connectivity index (χ0n) is 5.65. The fraction of sp³-hybridized carbons (Fsp3) is 0.714. The summed E-state index contributed by atoms with van der Waals surface area (Å²) < 4.78 is 13.0. The molecule has 0 heterocycles. The number of hydrogen-bond donors (Lipinski definition) is 1. The van der Waals surface area contributed by atoms with E-state index in [0.29, 0.717) is 6.42 Å². The first-order valence-electron chi connectivity index (χ1n) is 3.01. The maximum atomic E-state index is 13.0. The van der Waals surface area contributed by atoms with E-state index in [2.05, 4.69) is 5.92 Å². The Morgan fingerprint density at radius 3 is 2.44 bits per heavy atom. The van der Waals surface area contributed by atoms with Crippen LogP contribution in [0.4, 0.5) is 4.39 Å². The van der Waals surface area contributed by atoms with Gasteiger partial charge in [-0.25, -0.2) is 4.39 Å². The van der Waals surface area contributed by atoms with E-state index in [4.69, 9.17) is 12.2 Å². The highest BCUT2D eigenvalue weighted by Gasteiger charge is 2.23. The van der Waals surface area contributed by atoms with E-state index in [1.165, 1.54) is 0 Å². The van der Waals surface area contributed by atoms with Crippen LogP contribution in [-0.2, 0) is 0 Å². The molecule has 1 unspecified atom stereocenters. The Bertz CT molecular complexity index is 111. The summed E-state index contributed by atoms with van der Waals surface area (Å²) >= 11 is 0. The van der Waals surface area contributed by atoms with Gasteiger partial charge in [0.25, 0.3) is 0 Å². The second-order valence-electron chi connectivity index (χ2n) is 2.09. The number of rotatable bonds is 3. The molecule has 0 aliphatic carbocycles. The third-order valence-corrected chi connectivity index (χ3v) is 1.42. The van der Waals surface area contributed by atoms with Crippen molar-refractivity contribution in [3.63, 3.8) is 0 Å². The molecule has 0 fully saturated rings. The van der Waals surface area contributed by atoms with Crippen molar-refractivity contribution in [1.29, 1.82) is 0 Å². The predicted molar refractivity (Wildman–Crippen MR) is 36.6 cm³/mol. The summed E-state index contributed by atoms with van der Waals surface area (Å²) in [7, 11) is 0. The van der Waals surface area contributed by atoms with E-state index in [1.54, 1.807) is 6.92 Å². The lowest BCUT2D eigenvalue weighted by atomic mass is 10.00. The van der Waals surface area contributed by atoms with Crippen molar-refractivity contribution in [2.45, 2.75) is 25.4 Å². The third kappa shape index (κ3) is 2.48. The van der Waals surface area contributed by atoms with Gasteiger partial charge in [-0.05, 0) is 6.42 Å². The summed E-state index contributed by atoms with van der Waals surface area (Å²) in [5, 5.41) is 0. The molecule has 2 N–H and O–H groups in total. The highest BCUT2D eigenvalue weighted by molar-refractivity contribution is 4.95. The first-order valence-corrected chi connectivity index (χ1v) is 3.01. The van der Waals surface area contributed by atoms with Crippen LogP contribution in [0.5, 0.6) is 0 Å². The monoisotopic (exact) mass is 129 g/mol. The van der Waals surface area contributed by atoms with Crippen LogP contribution in [0.1, 0.15) is 19.8 Å². The van der Waals surface area contributed by atoms with E-state index in [9.17, 15) is 4.39 Å². The minimum atomic E-state index is -1.32. The minimum absolute atomic E-state index is 0.0215. The Morgan fingerprint density at radius 2 is 2.33 bits per heavy atom. The molecule has 9 heavy (non-hydrogen) atoms. The van der Waals surface area contributed by atoms with Gasteiger partial charge in [0.2, 0.25) is 0 Å². The maximum absolute atomic E-state index is 13.0. The van der Waals surface area contributed by atoms with Crippen molar-refractivity contribution in [2.75, 3.05) is 6.54 Å². The van der Waals surface area contributed by atoms with E-state index in [-0.39, 0.29) is 13.0 Å². The quantitative estimate of drug-likeness (QED) is 0.567. The van der Waals surface area contributed by atoms with Crippen LogP contribution in [0.2, 0.25) is 0 Å². The molecule has 0 aromatic carbocycles. The average Bonchev–Trinajstić information content (AvgIpc) is 1.89. The zero-order chi connectivity index (χ0) is 7.33. The summed E-state index contributed by atoms with van der Waals surface area (Å²) in [4.78, 5) is 0. The topological polar surface area (TPSA) is 26.0 Å². The predicted octanol–water partition coefficient (Wildman–Crippen LogP) is 1.09. The minimum Gasteiger partial charge on any atom is -0.327 e. The Labute approximate surface area is 55.4 Å². The van der Waals surface area contributed by atoms with E-state index >= 15 is 0 Å². The van der Waals surface area contributed by atoms with Gasteiger partial charge in [0.1, 0.15) is 5.67 Å². The SMILES string of the molecule is C#CCC(F)(CC)CN. The summed E-state index contributed by atoms with van der Waals surface area (Å²) in [5.74, 6) is 2.26. The summed E-state index contributed by atoms with van der Waals surface area (Å²) in [6.07, 6.45) is 5.44. The number of terminal acetylenes is 1.